The lowest BCUT2D eigenvalue weighted by molar-refractivity contribution is -0.0456. The Morgan fingerprint density at radius 1 is 1.06 bits per heavy atom. The van der Waals surface area contributed by atoms with E-state index >= 15 is 0 Å². The Kier molecular flexibility index (Phi) is 7.45. The van der Waals surface area contributed by atoms with Crippen molar-refractivity contribution in [3.8, 4) is 0 Å². The molecule has 0 aromatic carbocycles. The van der Waals surface area contributed by atoms with Crippen LogP contribution in [0.2, 0.25) is 0 Å². The van der Waals surface area contributed by atoms with E-state index in [1.165, 1.54) is 0 Å². The Morgan fingerprint density at radius 2 is 1.44 bits per heavy atom. The molecule has 0 radical (unpaired) electrons. The molecule has 108 valence electrons. The van der Waals surface area contributed by atoms with Crippen molar-refractivity contribution in [1.82, 2.24) is 0 Å². The van der Waals surface area contributed by atoms with E-state index in [1.54, 1.807) is 6.92 Å². The highest BCUT2D eigenvalue weighted by Crippen LogP contribution is 2.31. The Balaban J connectivity index is 5.36. The molecule has 0 spiro atoms. The van der Waals surface area contributed by atoms with Crippen LogP contribution in [0.25, 0.3) is 0 Å². The first kappa shape index (κ1) is 17.4. The average Bonchev–Trinajstić information content (AvgIpc) is 2.28. The van der Waals surface area contributed by atoms with Crippen molar-refractivity contribution in [2.24, 2.45) is 0 Å². The summed E-state index contributed by atoms with van der Waals surface area (Å²) in [6.45, 7) is 10.1. The average molecular weight is 280 g/mol. The van der Waals surface area contributed by atoms with Crippen molar-refractivity contribution < 1.29 is 27.9 Å². The smallest absolute Gasteiger partial charge is 0.450 e. The van der Waals surface area contributed by atoms with Gasteiger partial charge in [-0.1, -0.05) is 6.92 Å². The topological polar surface area (TPSA) is 74.2 Å². The summed E-state index contributed by atoms with van der Waals surface area (Å²) < 4.78 is 22.0. The third-order valence-electron chi connectivity index (χ3n) is 2.64. The van der Waals surface area contributed by atoms with E-state index in [0.717, 1.165) is 0 Å². The van der Waals surface area contributed by atoms with Crippen LogP contribution in [0.5, 0.6) is 0 Å². The van der Waals surface area contributed by atoms with E-state index in [0.29, 0.717) is 26.2 Å². The summed E-state index contributed by atoms with van der Waals surface area (Å²) in [4.78, 5) is 10.9. The Labute approximate surface area is 110 Å². The molecule has 1 unspecified atom stereocenters. The Morgan fingerprint density at radius 3 is 1.67 bits per heavy atom. The van der Waals surface area contributed by atoms with E-state index in [2.05, 4.69) is 0 Å². The van der Waals surface area contributed by atoms with Gasteiger partial charge < -0.3 is 23.1 Å². The van der Waals surface area contributed by atoms with Crippen LogP contribution in [0.4, 0.5) is 4.79 Å². The van der Waals surface area contributed by atoms with Gasteiger partial charge in [0, 0.05) is 19.8 Å². The number of carbonyl (C=O) groups is 1. The second kappa shape index (κ2) is 7.73. The maximum absolute atomic E-state index is 10.9. The van der Waals surface area contributed by atoms with Crippen LogP contribution in [0, 0.1) is 0 Å². The lowest BCUT2D eigenvalue weighted by Gasteiger charge is -2.40. The highest BCUT2D eigenvalue weighted by Gasteiger charge is 2.60. The zero-order valence-electron chi connectivity index (χ0n) is 11.8. The summed E-state index contributed by atoms with van der Waals surface area (Å²) in [6.07, 6.45) is -0.929. The third kappa shape index (κ3) is 3.94. The lowest BCUT2D eigenvalue weighted by atomic mass is 10.3. The zero-order chi connectivity index (χ0) is 14.2. The van der Waals surface area contributed by atoms with Crippen LogP contribution in [0.15, 0.2) is 0 Å². The maximum atomic E-state index is 10.9. The van der Waals surface area contributed by atoms with E-state index in [-0.39, 0.29) is 0 Å². The van der Waals surface area contributed by atoms with Crippen LogP contribution < -0.4 is 0 Å². The standard InChI is InChI=1S/C11H24O6Si/c1-6-11(5,17-10(12)13)18(14-7-2,15-8-3)16-9-4/h6-9H2,1-5H3,(H,12,13). The Bertz CT molecular complexity index is 243. The number of hydrogen-bond acceptors (Lipinski definition) is 5. The first-order chi connectivity index (χ1) is 8.41. The predicted octanol–water partition coefficient (Wildman–Crippen LogP) is 2.44. The molecule has 18 heavy (non-hydrogen) atoms. The molecule has 0 saturated carbocycles. The molecular formula is C11H24O6Si. The minimum Gasteiger partial charge on any atom is -0.450 e. The molecule has 0 heterocycles. The highest BCUT2D eigenvalue weighted by atomic mass is 28.4. The molecule has 1 atom stereocenters. The third-order valence-corrected chi connectivity index (χ3v) is 6.40. The number of ether oxygens (including phenoxy) is 1. The molecule has 0 aromatic rings. The molecule has 0 aliphatic carbocycles. The van der Waals surface area contributed by atoms with Crippen molar-refractivity contribution >= 4 is 15.0 Å². The molecular weight excluding hydrogens is 256 g/mol. The van der Waals surface area contributed by atoms with Crippen molar-refractivity contribution in [2.75, 3.05) is 19.8 Å². The number of hydrogen-bond donors (Lipinski definition) is 1. The summed E-state index contributed by atoms with van der Waals surface area (Å²) in [5.41, 5.74) is 0. The number of carboxylic acid groups (broad SMARTS) is 1. The second-order valence-electron chi connectivity index (χ2n) is 3.81. The first-order valence-electron chi connectivity index (χ1n) is 6.25. The van der Waals surface area contributed by atoms with Gasteiger partial charge in [0.2, 0.25) is 0 Å². The summed E-state index contributed by atoms with van der Waals surface area (Å²) >= 11 is 0. The SMILES string of the molecule is CCO[Si](OCC)(OCC)C(C)(CC)OC(=O)O. The summed E-state index contributed by atoms with van der Waals surface area (Å²) in [7, 11) is -3.22. The zero-order valence-corrected chi connectivity index (χ0v) is 12.8. The van der Waals surface area contributed by atoms with Crippen molar-refractivity contribution in [3.05, 3.63) is 0 Å². The molecule has 1 N–H and O–H groups in total. The van der Waals surface area contributed by atoms with E-state index in [4.69, 9.17) is 23.1 Å². The maximum Gasteiger partial charge on any atom is 0.547 e. The fraction of sp³-hybridized carbons (Fsp3) is 0.909. The molecule has 0 saturated heterocycles. The summed E-state index contributed by atoms with van der Waals surface area (Å²) in [5.74, 6) is 0. The van der Waals surface area contributed by atoms with E-state index < -0.39 is 20.2 Å². The molecule has 0 aliphatic rings. The molecule has 0 aromatic heterocycles. The van der Waals surface area contributed by atoms with Crippen molar-refractivity contribution in [3.63, 3.8) is 0 Å². The molecule has 6 nitrogen and oxygen atoms in total. The minimum atomic E-state index is -3.22. The van der Waals surface area contributed by atoms with E-state index in [9.17, 15) is 4.79 Å². The molecule has 0 bridgehead atoms. The monoisotopic (exact) mass is 280 g/mol. The normalized spacial score (nSPS) is 15.2. The summed E-state index contributed by atoms with van der Waals surface area (Å²) in [5, 5.41) is 7.79. The molecule has 0 rings (SSSR count). The van der Waals surface area contributed by atoms with Gasteiger partial charge >= 0.3 is 15.0 Å². The van der Waals surface area contributed by atoms with Crippen LogP contribution in [0.1, 0.15) is 41.0 Å². The largest absolute Gasteiger partial charge is 0.547 e. The Hall–Kier alpha value is -0.633. The van der Waals surface area contributed by atoms with Gasteiger partial charge in [-0.2, -0.15) is 0 Å². The molecule has 0 aliphatic heterocycles. The van der Waals surface area contributed by atoms with Gasteiger partial charge in [0.1, 0.15) is 0 Å². The fourth-order valence-electron chi connectivity index (χ4n) is 1.70. The van der Waals surface area contributed by atoms with Gasteiger partial charge in [-0.25, -0.2) is 4.79 Å². The van der Waals surface area contributed by atoms with Crippen molar-refractivity contribution in [1.29, 1.82) is 0 Å². The minimum absolute atomic E-state index is 0.380. The predicted molar refractivity (Wildman–Crippen MR) is 68.4 cm³/mol. The lowest BCUT2D eigenvalue weighted by Crippen LogP contribution is -2.65. The second-order valence-corrected chi connectivity index (χ2v) is 6.84. The molecule has 0 amide bonds. The quantitative estimate of drug-likeness (QED) is 0.516. The van der Waals surface area contributed by atoms with Gasteiger partial charge in [0.25, 0.3) is 0 Å². The van der Waals surface area contributed by atoms with Gasteiger partial charge in [0.15, 0.2) is 5.22 Å². The molecule has 7 heteroatoms. The van der Waals surface area contributed by atoms with Crippen LogP contribution in [-0.4, -0.2) is 45.1 Å². The number of rotatable bonds is 9. The highest BCUT2D eigenvalue weighted by molar-refractivity contribution is 6.64. The van der Waals surface area contributed by atoms with Crippen LogP contribution in [-0.2, 0) is 18.0 Å². The first-order valence-corrected chi connectivity index (χ1v) is 7.97. The molecule has 0 fully saturated rings. The van der Waals surface area contributed by atoms with Crippen LogP contribution >= 0.6 is 0 Å². The van der Waals surface area contributed by atoms with Crippen molar-refractivity contribution in [2.45, 2.75) is 46.3 Å². The van der Waals surface area contributed by atoms with Gasteiger partial charge in [-0.05, 0) is 34.1 Å². The van der Waals surface area contributed by atoms with Gasteiger partial charge in [0.05, 0.1) is 0 Å². The van der Waals surface area contributed by atoms with Gasteiger partial charge in [-0.15, -0.1) is 0 Å². The van der Waals surface area contributed by atoms with E-state index in [1.807, 2.05) is 27.7 Å². The van der Waals surface area contributed by atoms with Crippen LogP contribution in [0.3, 0.4) is 0 Å². The van der Waals surface area contributed by atoms with Gasteiger partial charge in [-0.3, -0.25) is 0 Å². The fourth-order valence-corrected chi connectivity index (χ4v) is 4.65. The summed E-state index contributed by atoms with van der Waals surface area (Å²) in [6, 6.07) is 0.